The van der Waals surface area contributed by atoms with Gasteiger partial charge in [0.05, 0.1) is 0 Å². The number of amides is 2. The predicted molar refractivity (Wildman–Crippen MR) is 87.7 cm³/mol. The van der Waals surface area contributed by atoms with E-state index in [1.807, 2.05) is 6.07 Å². The highest BCUT2D eigenvalue weighted by Crippen LogP contribution is 2.18. The number of benzene rings is 1. The second-order valence-electron chi connectivity index (χ2n) is 5.37. The molecule has 3 aromatic rings. The van der Waals surface area contributed by atoms with Crippen LogP contribution in [-0.4, -0.2) is 21.2 Å². The first-order valence-electron chi connectivity index (χ1n) is 7.64. The molecule has 0 spiro atoms. The van der Waals surface area contributed by atoms with E-state index in [4.69, 9.17) is 4.52 Å². The number of hydrogen-bond donors (Lipinski definition) is 2. The molecule has 0 radical (unpaired) electrons. The minimum atomic E-state index is -0.476. The predicted octanol–water partition coefficient (Wildman–Crippen LogP) is 2.83. The molecule has 0 aliphatic heterocycles. The van der Waals surface area contributed by atoms with Crippen molar-refractivity contribution in [3.8, 4) is 11.4 Å². The maximum absolute atomic E-state index is 13.0. The molecule has 2 aromatic heterocycles. The topological polar surface area (TPSA) is 92.9 Å². The van der Waals surface area contributed by atoms with Gasteiger partial charge in [0, 0.05) is 24.5 Å². The molecule has 1 atom stereocenters. The molecule has 128 valence electrons. The lowest BCUT2D eigenvalue weighted by Crippen LogP contribution is -2.36. The van der Waals surface area contributed by atoms with Gasteiger partial charge in [-0.1, -0.05) is 11.2 Å². The van der Waals surface area contributed by atoms with E-state index in [1.165, 1.54) is 12.1 Å². The van der Waals surface area contributed by atoms with E-state index >= 15 is 0 Å². The third-order valence-electron chi connectivity index (χ3n) is 3.44. The lowest BCUT2D eigenvalue weighted by molar-refractivity contribution is 0.233. The van der Waals surface area contributed by atoms with Crippen LogP contribution < -0.4 is 10.6 Å². The summed E-state index contributed by atoms with van der Waals surface area (Å²) in [6.45, 7) is 2.09. The number of rotatable bonds is 5. The first-order valence-corrected chi connectivity index (χ1v) is 7.64. The molecule has 0 aliphatic rings. The van der Waals surface area contributed by atoms with E-state index in [0.717, 1.165) is 5.56 Å². The van der Waals surface area contributed by atoms with E-state index in [-0.39, 0.29) is 17.7 Å². The van der Waals surface area contributed by atoms with Crippen LogP contribution in [0.5, 0.6) is 0 Å². The van der Waals surface area contributed by atoms with Crippen LogP contribution in [0.3, 0.4) is 0 Å². The summed E-state index contributed by atoms with van der Waals surface area (Å²) in [5, 5.41) is 9.29. The number of carbonyl (C=O) groups excluding carboxylic acids is 1. The average molecular weight is 341 g/mol. The molecule has 0 saturated heterocycles. The highest BCUT2D eigenvalue weighted by molar-refractivity contribution is 5.74. The number of aromatic nitrogens is 3. The van der Waals surface area contributed by atoms with Crippen molar-refractivity contribution in [2.45, 2.75) is 19.5 Å². The van der Waals surface area contributed by atoms with Gasteiger partial charge in [0.15, 0.2) is 0 Å². The van der Waals surface area contributed by atoms with Gasteiger partial charge in [-0.15, -0.1) is 0 Å². The first-order chi connectivity index (χ1) is 12.1. The van der Waals surface area contributed by atoms with Crippen molar-refractivity contribution in [1.29, 1.82) is 0 Å². The van der Waals surface area contributed by atoms with Crippen molar-refractivity contribution in [2.24, 2.45) is 0 Å². The molecule has 0 bridgehead atoms. The molecule has 2 heterocycles. The fourth-order valence-electron chi connectivity index (χ4n) is 2.12. The third kappa shape index (κ3) is 4.37. The monoisotopic (exact) mass is 341 g/mol. The van der Waals surface area contributed by atoms with E-state index in [0.29, 0.717) is 17.9 Å². The summed E-state index contributed by atoms with van der Waals surface area (Å²) >= 11 is 0. The zero-order chi connectivity index (χ0) is 17.6. The number of nitrogens with one attached hydrogen (secondary N) is 2. The Hall–Kier alpha value is -3.29. The molecule has 0 fully saturated rings. The van der Waals surface area contributed by atoms with Crippen molar-refractivity contribution in [2.75, 3.05) is 0 Å². The number of urea groups is 1. The number of carbonyl (C=O) groups is 1. The number of pyridine rings is 1. The van der Waals surface area contributed by atoms with Gasteiger partial charge in [0.2, 0.25) is 11.7 Å². The quantitative estimate of drug-likeness (QED) is 0.744. The molecule has 7 nitrogen and oxygen atoms in total. The van der Waals surface area contributed by atoms with Gasteiger partial charge < -0.3 is 15.2 Å². The average Bonchev–Trinajstić information content (AvgIpc) is 3.12. The first kappa shape index (κ1) is 16.6. The number of halogens is 1. The molecular formula is C17H16FN5O2. The van der Waals surface area contributed by atoms with Gasteiger partial charge in [-0.25, -0.2) is 9.18 Å². The lowest BCUT2D eigenvalue weighted by atomic mass is 10.2. The van der Waals surface area contributed by atoms with Crippen molar-refractivity contribution in [3.05, 3.63) is 66.1 Å². The van der Waals surface area contributed by atoms with Crippen molar-refractivity contribution in [1.82, 2.24) is 25.8 Å². The second kappa shape index (κ2) is 7.52. The molecule has 0 aliphatic carbocycles. The summed E-state index contributed by atoms with van der Waals surface area (Å²) < 4.78 is 18.1. The molecule has 1 aromatic carbocycles. The number of hydrogen-bond acceptors (Lipinski definition) is 5. The van der Waals surface area contributed by atoms with Crippen LogP contribution in [0.1, 0.15) is 24.4 Å². The Morgan fingerprint density at radius 2 is 2.08 bits per heavy atom. The normalized spacial score (nSPS) is 11.8. The smallest absolute Gasteiger partial charge is 0.315 e. The summed E-state index contributed by atoms with van der Waals surface area (Å²) in [6, 6.07) is 8.58. The molecule has 2 N–H and O–H groups in total. The van der Waals surface area contributed by atoms with Crippen LogP contribution >= 0.6 is 0 Å². The van der Waals surface area contributed by atoms with Gasteiger partial charge in [-0.05, 0) is 42.8 Å². The van der Waals surface area contributed by atoms with E-state index < -0.39 is 6.04 Å². The van der Waals surface area contributed by atoms with Crippen LogP contribution in [0, 0.1) is 5.82 Å². The van der Waals surface area contributed by atoms with Gasteiger partial charge in [-0.2, -0.15) is 4.98 Å². The number of nitrogens with zero attached hydrogens (tertiary/aromatic N) is 3. The molecule has 2 amide bonds. The van der Waals surface area contributed by atoms with Crippen LogP contribution in [0.4, 0.5) is 9.18 Å². The molecule has 3 rings (SSSR count). The third-order valence-corrected chi connectivity index (χ3v) is 3.44. The molecule has 8 heteroatoms. The summed E-state index contributed by atoms with van der Waals surface area (Å²) in [6.07, 6.45) is 3.34. The van der Waals surface area contributed by atoms with Gasteiger partial charge >= 0.3 is 6.03 Å². The second-order valence-corrected chi connectivity index (χ2v) is 5.37. The van der Waals surface area contributed by atoms with E-state index in [9.17, 15) is 9.18 Å². The Morgan fingerprint density at radius 1 is 1.28 bits per heavy atom. The molecule has 25 heavy (non-hydrogen) atoms. The van der Waals surface area contributed by atoms with E-state index in [1.54, 1.807) is 37.5 Å². The summed E-state index contributed by atoms with van der Waals surface area (Å²) in [7, 11) is 0. The molecule has 0 saturated carbocycles. The van der Waals surface area contributed by atoms with E-state index in [2.05, 4.69) is 25.8 Å². The van der Waals surface area contributed by atoms with Crippen molar-refractivity contribution >= 4 is 6.03 Å². The summed E-state index contributed by atoms with van der Waals surface area (Å²) in [4.78, 5) is 20.1. The zero-order valence-corrected chi connectivity index (χ0v) is 13.4. The Kier molecular flexibility index (Phi) is 4.98. The summed E-state index contributed by atoms with van der Waals surface area (Å²) in [5.74, 6) is 0.253. The fraction of sp³-hybridized carbons (Fsp3) is 0.176. The Morgan fingerprint density at radius 3 is 2.80 bits per heavy atom. The Bertz CT molecular complexity index is 836. The highest BCUT2D eigenvalue weighted by Gasteiger charge is 2.17. The lowest BCUT2D eigenvalue weighted by Gasteiger charge is -2.10. The van der Waals surface area contributed by atoms with Crippen LogP contribution in [0.15, 0.2) is 53.3 Å². The maximum atomic E-state index is 13.0. The maximum Gasteiger partial charge on any atom is 0.315 e. The van der Waals surface area contributed by atoms with Gasteiger partial charge in [-0.3, -0.25) is 4.98 Å². The minimum Gasteiger partial charge on any atom is -0.337 e. The fourth-order valence-corrected chi connectivity index (χ4v) is 2.12. The molecule has 1 unspecified atom stereocenters. The van der Waals surface area contributed by atoms with Crippen molar-refractivity contribution in [3.63, 3.8) is 0 Å². The highest BCUT2D eigenvalue weighted by atomic mass is 19.1. The Balaban J connectivity index is 1.57. The Labute approximate surface area is 143 Å². The van der Waals surface area contributed by atoms with Crippen molar-refractivity contribution < 1.29 is 13.7 Å². The molecular weight excluding hydrogens is 325 g/mol. The summed E-state index contributed by atoms with van der Waals surface area (Å²) in [5.41, 5.74) is 1.52. The van der Waals surface area contributed by atoms with Gasteiger partial charge in [0.1, 0.15) is 11.9 Å². The largest absolute Gasteiger partial charge is 0.337 e. The van der Waals surface area contributed by atoms with Crippen LogP contribution in [0.2, 0.25) is 0 Å². The van der Waals surface area contributed by atoms with Crippen LogP contribution in [-0.2, 0) is 6.54 Å². The standard InChI is InChI=1S/C17H16FN5O2/c1-11(21-17(24)20-10-12-3-2-8-19-9-12)16-22-15(23-25-16)13-4-6-14(18)7-5-13/h2-9,11H,10H2,1H3,(H2,20,21,24). The van der Waals surface area contributed by atoms with Crippen LogP contribution in [0.25, 0.3) is 11.4 Å². The zero-order valence-electron chi connectivity index (χ0n) is 13.4. The minimum absolute atomic E-state index is 0.260. The SMILES string of the molecule is CC(NC(=O)NCc1cccnc1)c1nc(-c2ccc(F)cc2)no1. The van der Waals surface area contributed by atoms with Gasteiger partial charge in [0.25, 0.3) is 0 Å².